The van der Waals surface area contributed by atoms with Crippen LogP contribution in [0, 0.1) is 11.8 Å². The van der Waals surface area contributed by atoms with E-state index in [0.717, 1.165) is 5.57 Å². The third kappa shape index (κ3) is 12.8. The van der Waals surface area contributed by atoms with E-state index in [9.17, 15) is 29.7 Å². The monoisotopic (exact) mass is 553 g/mol. The lowest BCUT2D eigenvalue weighted by atomic mass is 9.88. The second-order valence-corrected chi connectivity index (χ2v) is 10.7. The van der Waals surface area contributed by atoms with E-state index in [-0.39, 0.29) is 37.7 Å². The smallest absolute Gasteiger partial charge is 0.407 e. The van der Waals surface area contributed by atoms with Crippen molar-refractivity contribution in [1.29, 1.82) is 0 Å². The van der Waals surface area contributed by atoms with Crippen molar-refractivity contribution in [3.63, 3.8) is 0 Å². The molecule has 0 fully saturated rings. The molecule has 3 unspecified atom stereocenters. The minimum absolute atomic E-state index is 0.107. The van der Waals surface area contributed by atoms with Crippen LogP contribution in [0.3, 0.4) is 0 Å². The van der Waals surface area contributed by atoms with Crippen molar-refractivity contribution in [3.05, 3.63) is 36.0 Å². The van der Waals surface area contributed by atoms with Crippen LogP contribution in [0.25, 0.3) is 0 Å². The van der Waals surface area contributed by atoms with E-state index in [1.165, 1.54) is 13.8 Å². The third-order valence-electron chi connectivity index (χ3n) is 6.68. The topological polar surface area (TPSA) is 152 Å². The van der Waals surface area contributed by atoms with Crippen LogP contribution in [0.15, 0.2) is 36.0 Å². The van der Waals surface area contributed by atoms with Crippen LogP contribution >= 0.6 is 0 Å². The predicted molar refractivity (Wildman–Crippen MR) is 147 cm³/mol. The van der Waals surface area contributed by atoms with Gasteiger partial charge in [-0.2, -0.15) is 0 Å². The van der Waals surface area contributed by atoms with Gasteiger partial charge in [-0.3, -0.25) is 9.59 Å². The maximum atomic E-state index is 12.6. The van der Waals surface area contributed by atoms with Crippen LogP contribution in [0.5, 0.6) is 0 Å². The van der Waals surface area contributed by atoms with Crippen molar-refractivity contribution >= 4 is 18.0 Å². The molecule has 0 bridgehead atoms. The lowest BCUT2D eigenvalue weighted by molar-refractivity contribution is -0.157. The molecule has 1 heterocycles. The molecule has 8 atom stereocenters. The van der Waals surface area contributed by atoms with E-state index in [2.05, 4.69) is 5.32 Å². The van der Waals surface area contributed by atoms with Crippen molar-refractivity contribution in [2.45, 2.75) is 110 Å². The van der Waals surface area contributed by atoms with Crippen LogP contribution < -0.4 is 5.32 Å². The van der Waals surface area contributed by atoms with E-state index in [0.29, 0.717) is 6.42 Å². The van der Waals surface area contributed by atoms with Gasteiger partial charge in [-0.1, -0.05) is 45.1 Å². The molecule has 222 valence electrons. The summed E-state index contributed by atoms with van der Waals surface area (Å²) in [6.07, 6.45) is 5.42. The molecule has 1 aliphatic rings. The second kappa shape index (κ2) is 16.4. The summed E-state index contributed by atoms with van der Waals surface area (Å²) in [7, 11) is 0. The molecule has 0 aliphatic carbocycles. The molecule has 0 aromatic carbocycles. The Kier molecular flexibility index (Phi) is 14.5. The van der Waals surface area contributed by atoms with E-state index in [1.807, 2.05) is 33.8 Å². The van der Waals surface area contributed by atoms with Gasteiger partial charge in [0, 0.05) is 18.8 Å². The molecule has 0 saturated carbocycles. The SMILES string of the molecule is CCC(O)C(C)NC(=O)OCC(C)/C=C/C=C(\C)[C@H]1OC(=O)C[C@@H](O)CC[C@](C)(O)[C@@H](OC(C)=O)/C=C/[C@@H]1C. The number of carbonyl (C=O) groups is 3. The molecule has 0 spiro atoms. The summed E-state index contributed by atoms with van der Waals surface area (Å²) in [5.41, 5.74) is -0.703. The van der Waals surface area contributed by atoms with Crippen LogP contribution in [0.4, 0.5) is 4.79 Å². The van der Waals surface area contributed by atoms with Crippen LogP contribution in [0.1, 0.15) is 74.1 Å². The van der Waals surface area contributed by atoms with Gasteiger partial charge in [0.25, 0.3) is 0 Å². The Bertz CT molecular complexity index is 895. The Hall–Kier alpha value is -2.69. The number of esters is 2. The number of allylic oxidation sites excluding steroid dienone is 2. The Balaban J connectivity index is 2.97. The third-order valence-corrected chi connectivity index (χ3v) is 6.68. The number of nitrogens with one attached hydrogen (secondary N) is 1. The second-order valence-electron chi connectivity index (χ2n) is 10.7. The Morgan fingerprint density at radius 1 is 1.28 bits per heavy atom. The summed E-state index contributed by atoms with van der Waals surface area (Å²) in [6, 6.07) is -0.417. The first-order valence-electron chi connectivity index (χ1n) is 13.6. The molecule has 0 radical (unpaired) electrons. The number of hydrogen-bond donors (Lipinski definition) is 4. The van der Waals surface area contributed by atoms with Gasteiger partial charge < -0.3 is 34.8 Å². The van der Waals surface area contributed by atoms with E-state index in [1.54, 1.807) is 31.2 Å². The fourth-order valence-electron chi connectivity index (χ4n) is 4.06. The summed E-state index contributed by atoms with van der Waals surface area (Å²) >= 11 is 0. The highest BCUT2D eigenvalue weighted by atomic mass is 16.6. The first-order valence-corrected chi connectivity index (χ1v) is 13.6. The molecule has 0 aromatic heterocycles. The molecule has 0 saturated heterocycles. The van der Waals surface area contributed by atoms with Crippen molar-refractivity contribution in [2.75, 3.05) is 6.61 Å². The molecule has 4 N–H and O–H groups in total. The standard InChI is InChI=1S/C29H47NO9/c1-8-24(33)21(5)30-28(35)37-17-18(2)10-9-11-19(3)27-20(4)12-13-25(38-22(6)31)29(7,36)15-14-23(32)16-26(34)39-27/h9-13,18,20-21,23-25,27,32-33,36H,8,14-17H2,1-7H3,(H,30,35)/b10-9+,13-12+,19-11+/t18?,20-,21?,23-,24?,25-,27+,29-/m0/s1. The summed E-state index contributed by atoms with van der Waals surface area (Å²) in [5.74, 6) is -1.55. The van der Waals surface area contributed by atoms with Gasteiger partial charge in [-0.15, -0.1) is 0 Å². The first-order chi connectivity index (χ1) is 18.2. The van der Waals surface area contributed by atoms with Crippen molar-refractivity contribution in [1.82, 2.24) is 5.32 Å². The largest absolute Gasteiger partial charge is 0.457 e. The van der Waals surface area contributed by atoms with Crippen molar-refractivity contribution in [2.24, 2.45) is 11.8 Å². The molecule has 1 aliphatic heterocycles. The van der Waals surface area contributed by atoms with Crippen molar-refractivity contribution < 1.29 is 43.9 Å². The summed E-state index contributed by atoms with van der Waals surface area (Å²) in [4.78, 5) is 36.1. The van der Waals surface area contributed by atoms with Crippen molar-refractivity contribution in [3.8, 4) is 0 Å². The number of carbonyl (C=O) groups excluding carboxylic acids is 3. The highest BCUT2D eigenvalue weighted by molar-refractivity contribution is 5.70. The summed E-state index contributed by atoms with van der Waals surface area (Å²) < 4.78 is 16.3. The lowest BCUT2D eigenvalue weighted by Gasteiger charge is -2.32. The van der Waals surface area contributed by atoms with Crippen LogP contribution in [-0.4, -0.2) is 76.0 Å². The number of ether oxygens (including phenoxy) is 3. The number of amides is 1. The Labute approximate surface area is 232 Å². The van der Waals surface area contributed by atoms with E-state index in [4.69, 9.17) is 14.2 Å². The zero-order valence-electron chi connectivity index (χ0n) is 24.3. The normalized spacial score (nSPS) is 30.2. The molecule has 0 aromatic rings. The number of aliphatic hydroxyl groups excluding tert-OH is 2. The zero-order chi connectivity index (χ0) is 29.8. The van der Waals surface area contributed by atoms with Crippen LogP contribution in [-0.2, 0) is 23.8 Å². The molecule has 39 heavy (non-hydrogen) atoms. The zero-order valence-corrected chi connectivity index (χ0v) is 24.3. The van der Waals surface area contributed by atoms with Gasteiger partial charge in [0.15, 0.2) is 0 Å². The molecule has 1 amide bonds. The van der Waals surface area contributed by atoms with Gasteiger partial charge in [-0.05, 0) is 51.7 Å². The summed E-state index contributed by atoms with van der Waals surface area (Å²) in [6.45, 7) is 12.0. The fraction of sp³-hybridized carbons (Fsp3) is 0.690. The molecule has 10 nitrogen and oxygen atoms in total. The highest BCUT2D eigenvalue weighted by Crippen LogP contribution is 2.27. The minimum Gasteiger partial charge on any atom is -0.457 e. The maximum absolute atomic E-state index is 12.6. The quantitative estimate of drug-likeness (QED) is 0.146. The summed E-state index contributed by atoms with van der Waals surface area (Å²) in [5, 5.41) is 33.6. The van der Waals surface area contributed by atoms with E-state index < -0.39 is 54.1 Å². The number of alkyl carbamates (subject to hydrolysis) is 1. The highest BCUT2D eigenvalue weighted by Gasteiger charge is 2.35. The number of hydrogen-bond acceptors (Lipinski definition) is 9. The average molecular weight is 554 g/mol. The minimum atomic E-state index is -1.43. The number of aliphatic hydroxyl groups is 3. The first kappa shape index (κ1) is 34.3. The van der Waals surface area contributed by atoms with Gasteiger partial charge in [0.2, 0.25) is 0 Å². The maximum Gasteiger partial charge on any atom is 0.407 e. The van der Waals surface area contributed by atoms with Gasteiger partial charge in [0.1, 0.15) is 17.8 Å². The Morgan fingerprint density at radius 2 is 1.95 bits per heavy atom. The van der Waals surface area contributed by atoms with E-state index >= 15 is 0 Å². The fourth-order valence-corrected chi connectivity index (χ4v) is 4.06. The molecular weight excluding hydrogens is 506 g/mol. The van der Waals surface area contributed by atoms with Gasteiger partial charge in [0.05, 0.1) is 31.3 Å². The van der Waals surface area contributed by atoms with Gasteiger partial charge >= 0.3 is 18.0 Å². The number of rotatable bonds is 9. The van der Waals surface area contributed by atoms with Gasteiger partial charge in [-0.25, -0.2) is 4.79 Å². The molecular formula is C29H47NO9. The van der Waals surface area contributed by atoms with Crippen LogP contribution in [0.2, 0.25) is 0 Å². The Morgan fingerprint density at radius 3 is 2.56 bits per heavy atom. The molecule has 10 heteroatoms. The lowest BCUT2D eigenvalue weighted by Crippen LogP contribution is -2.42. The predicted octanol–water partition coefficient (Wildman–Crippen LogP) is 3.34. The molecule has 1 rings (SSSR count). The average Bonchev–Trinajstić information content (AvgIpc) is 2.85. The number of cyclic esters (lactones) is 1.